The van der Waals surface area contributed by atoms with Crippen molar-refractivity contribution in [2.24, 2.45) is 40.4 Å². The molecule has 25 heavy (non-hydrogen) atoms. The molecule has 142 valence electrons. The van der Waals surface area contributed by atoms with Crippen molar-refractivity contribution in [3.8, 4) is 0 Å². The van der Waals surface area contributed by atoms with Crippen LogP contribution in [0.15, 0.2) is 9.47 Å². The minimum Gasteiger partial charge on any atom is -0.0632 e. The molecule has 4 aliphatic rings. The molecule has 0 spiro atoms. The Kier molecular flexibility index (Phi) is 5.53. The fourth-order valence-electron chi connectivity index (χ4n) is 8.27. The molecule has 0 N–H and O–H groups in total. The zero-order valence-electron chi connectivity index (χ0n) is 16.2. The zero-order chi connectivity index (χ0) is 17.7. The van der Waals surface area contributed by atoms with Gasteiger partial charge < -0.3 is 0 Å². The first-order chi connectivity index (χ1) is 11.9. The third-order valence-electron chi connectivity index (χ3n) is 9.59. The van der Waals surface area contributed by atoms with Gasteiger partial charge in [0.15, 0.2) is 0 Å². The third-order valence-corrected chi connectivity index (χ3v) is 10.2. The van der Waals surface area contributed by atoms with E-state index >= 15 is 0 Å². The highest BCUT2D eigenvalue weighted by Crippen LogP contribution is 2.67. The molecule has 4 rings (SSSR count). The molecule has 0 aromatic heterocycles. The molecule has 0 radical (unpaired) electrons. The average molecular weight is 472 g/mol. The summed E-state index contributed by atoms with van der Waals surface area (Å²) < 4.78 is 1.13. The van der Waals surface area contributed by atoms with Gasteiger partial charge in [0.2, 0.25) is 0 Å². The Bertz CT molecular complexity index is 522. The summed E-state index contributed by atoms with van der Waals surface area (Å²) >= 11 is 7.06. The van der Waals surface area contributed by atoms with Crippen LogP contribution in [0.4, 0.5) is 0 Å². The van der Waals surface area contributed by atoms with E-state index in [2.05, 4.69) is 51.8 Å². The molecule has 2 heteroatoms. The lowest BCUT2D eigenvalue weighted by Gasteiger charge is -2.60. The van der Waals surface area contributed by atoms with Crippen LogP contribution < -0.4 is 0 Å². The fourth-order valence-corrected chi connectivity index (χ4v) is 8.73. The highest BCUT2D eigenvalue weighted by Gasteiger charge is 2.59. The van der Waals surface area contributed by atoms with Crippen LogP contribution in [0.25, 0.3) is 0 Å². The van der Waals surface area contributed by atoms with Crippen molar-refractivity contribution in [1.82, 2.24) is 0 Å². The lowest BCUT2D eigenvalue weighted by molar-refractivity contribution is -0.111. The van der Waals surface area contributed by atoms with E-state index in [-0.39, 0.29) is 0 Å². The lowest BCUT2D eigenvalue weighted by Crippen LogP contribution is -2.52. The summed E-state index contributed by atoms with van der Waals surface area (Å²) in [7, 11) is 0. The van der Waals surface area contributed by atoms with Crippen LogP contribution in [0.3, 0.4) is 0 Å². The van der Waals surface area contributed by atoms with Gasteiger partial charge >= 0.3 is 0 Å². The first-order valence-electron chi connectivity index (χ1n) is 11.0. The van der Waals surface area contributed by atoms with Gasteiger partial charge in [0.05, 0.1) is 3.39 Å². The van der Waals surface area contributed by atoms with Crippen molar-refractivity contribution in [1.29, 1.82) is 0 Å². The van der Waals surface area contributed by atoms with Gasteiger partial charge in [-0.1, -0.05) is 32.8 Å². The largest absolute Gasteiger partial charge is 0.0632 e. The summed E-state index contributed by atoms with van der Waals surface area (Å²) in [5, 5.41) is 0. The van der Waals surface area contributed by atoms with Crippen LogP contribution >= 0.6 is 31.9 Å². The number of rotatable bonds is 3. The van der Waals surface area contributed by atoms with E-state index in [9.17, 15) is 0 Å². The number of allylic oxidation sites excluding steroid dienone is 1. The predicted octanol–water partition coefficient (Wildman–Crippen LogP) is 8.45. The van der Waals surface area contributed by atoms with Crippen molar-refractivity contribution in [3.05, 3.63) is 9.47 Å². The van der Waals surface area contributed by atoms with Crippen molar-refractivity contribution < 1.29 is 0 Å². The molecule has 0 bridgehead atoms. The maximum absolute atomic E-state index is 3.53. The maximum Gasteiger partial charge on any atom is 0.0564 e. The molecule has 0 aromatic carbocycles. The first-order valence-corrected chi connectivity index (χ1v) is 12.5. The smallest absolute Gasteiger partial charge is 0.0564 e. The van der Waals surface area contributed by atoms with Crippen molar-refractivity contribution in [2.75, 3.05) is 0 Å². The summed E-state index contributed by atoms with van der Waals surface area (Å²) in [6, 6.07) is 0. The Morgan fingerprint density at radius 1 is 0.880 bits per heavy atom. The van der Waals surface area contributed by atoms with E-state index in [0.717, 1.165) is 33.0 Å². The van der Waals surface area contributed by atoms with Crippen LogP contribution in [0.5, 0.6) is 0 Å². The minimum atomic E-state index is 0.645. The van der Waals surface area contributed by atoms with Crippen LogP contribution in [-0.4, -0.2) is 0 Å². The predicted molar refractivity (Wildman–Crippen MR) is 115 cm³/mol. The molecule has 0 aromatic rings. The third kappa shape index (κ3) is 3.24. The highest BCUT2D eigenvalue weighted by molar-refractivity contribution is 9.28. The Hall–Kier alpha value is 0.700. The summed E-state index contributed by atoms with van der Waals surface area (Å²) in [5.41, 5.74) is 1.34. The van der Waals surface area contributed by atoms with Gasteiger partial charge in [0.1, 0.15) is 0 Å². The summed E-state index contributed by atoms with van der Waals surface area (Å²) in [6.07, 6.45) is 20.2. The van der Waals surface area contributed by atoms with Crippen LogP contribution in [0.1, 0.15) is 90.9 Å². The van der Waals surface area contributed by atoms with Gasteiger partial charge in [0.25, 0.3) is 0 Å². The van der Waals surface area contributed by atoms with Crippen molar-refractivity contribution >= 4 is 31.9 Å². The topological polar surface area (TPSA) is 0 Å². The second-order valence-corrected chi connectivity index (χ2v) is 13.1. The van der Waals surface area contributed by atoms with Gasteiger partial charge in [-0.15, -0.1) is 0 Å². The highest BCUT2D eigenvalue weighted by atomic mass is 79.9. The number of hydrogen-bond donors (Lipinski definition) is 0. The lowest BCUT2D eigenvalue weighted by atomic mass is 9.45. The summed E-state index contributed by atoms with van der Waals surface area (Å²) in [5.74, 6) is 5.17. The van der Waals surface area contributed by atoms with Crippen molar-refractivity contribution in [2.45, 2.75) is 90.9 Å². The molecule has 0 amide bonds. The van der Waals surface area contributed by atoms with E-state index < -0.39 is 0 Å². The van der Waals surface area contributed by atoms with E-state index in [4.69, 9.17) is 0 Å². The number of halogens is 2. The summed E-state index contributed by atoms with van der Waals surface area (Å²) in [6.45, 7) is 5.40. The molecule has 0 saturated heterocycles. The van der Waals surface area contributed by atoms with Gasteiger partial charge in [-0.2, -0.15) is 0 Å². The molecule has 7 atom stereocenters. The standard InChI is InChI=1S/C23H36Br2/c1-22-14-4-3-6-16(22)9-11-18-19-12-10-17(7-5-8-21(24)25)23(19,2)15-13-20(18)22/h8,16-20H,3-7,9-15H2,1-2H3/t16?,17-,18-,19-,20-,22-,23+/m0/s1. The summed E-state index contributed by atoms with van der Waals surface area (Å²) in [4.78, 5) is 0. The zero-order valence-corrected chi connectivity index (χ0v) is 19.4. The second-order valence-electron chi connectivity index (χ2n) is 10.3. The van der Waals surface area contributed by atoms with Crippen LogP contribution in [0, 0.1) is 40.4 Å². The molecule has 4 fully saturated rings. The molecular weight excluding hydrogens is 436 g/mol. The molecule has 0 aliphatic heterocycles. The minimum absolute atomic E-state index is 0.645. The molecule has 4 saturated carbocycles. The Labute approximate surface area is 172 Å². The van der Waals surface area contributed by atoms with Crippen molar-refractivity contribution in [3.63, 3.8) is 0 Å². The van der Waals surface area contributed by atoms with E-state index in [0.29, 0.717) is 10.8 Å². The maximum atomic E-state index is 3.53. The quantitative estimate of drug-likeness (QED) is 0.387. The average Bonchev–Trinajstić information content (AvgIpc) is 2.91. The molecule has 1 unspecified atom stereocenters. The van der Waals surface area contributed by atoms with Crippen LogP contribution in [-0.2, 0) is 0 Å². The van der Waals surface area contributed by atoms with Gasteiger partial charge in [0, 0.05) is 0 Å². The Morgan fingerprint density at radius 2 is 1.68 bits per heavy atom. The SMILES string of the molecule is C[C@]12CC[C@H]3[C@@H](CCC4CCCC[C@@]43C)[C@@H]1CC[C@@H]2CCC=C(Br)Br. The monoisotopic (exact) mass is 470 g/mol. The normalized spacial score (nSPS) is 49.0. The molecule has 0 heterocycles. The Balaban J connectivity index is 1.50. The van der Waals surface area contributed by atoms with Gasteiger partial charge in [-0.05, 0) is 136 Å². The second kappa shape index (κ2) is 7.26. The van der Waals surface area contributed by atoms with Crippen LogP contribution in [0.2, 0.25) is 0 Å². The number of hydrogen-bond acceptors (Lipinski definition) is 0. The molecular formula is C23H36Br2. The fraction of sp³-hybridized carbons (Fsp3) is 0.913. The van der Waals surface area contributed by atoms with Gasteiger partial charge in [-0.25, -0.2) is 0 Å². The molecule has 4 aliphatic carbocycles. The molecule has 0 nitrogen and oxygen atoms in total. The number of fused-ring (bicyclic) bond motifs is 5. The van der Waals surface area contributed by atoms with E-state index in [1.807, 2.05) is 0 Å². The Morgan fingerprint density at radius 3 is 2.48 bits per heavy atom. The first kappa shape index (κ1) is 19.0. The van der Waals surface area contributed by atoms with E-state index in [1.165, 1.54) is 57.8 Å². The van der Waals surface area contributed by atoms with E-state index in [1.54, 1.807) is 19.3 Å². The van der Waals surface area contributed by atoms with Gasteiger partial charge in [-0.3, -0.25) is 0 Å².